The Morgan fingerprint density at radius 2 is 1.86 bits per heavy atom. The van der Waals surface area contributed by atoms with E-state index in [0.29, 0.717) is 18.7 Å². The minimum Gasteiger partial charge on any atom is -0.378 e. The standard InChI is InChI=1S/C21H30N6O2/c1-25(2)19-6-4-16(5-7-19)12-22-20(28)15-27-10-8-18(9-11-27)24-21(29)17-13-23-26(3)14-17/h4-7,13-14,18H,8-12,15H2,1-3H3,(H,22,28)(H,24,29). The molecule has 0 atom stereocenters. The first-order valence-electron chi connectivity index (χ1n) is 9.95. The number of aromatic nitrogens is 2. The highest BCUT2D eigenvalue weighted by Crippen LogP contribution is 2.13. The van der Waals surface area contributed by atoms with Gasteiger partial charge in [-0.25, -0.2) is 0 Å². The number of nitrogens with one attached hydrogen (secondary N) is 2. The van der Waals surface area contributed by atoms with Gasteiger partial charge in [-0.1, -0.05) is 12.1 Å². The molecule has 2 heterocycles. The van der Waals surface area contributed by atoms with Crippen molar-refractivity contribution >= 4 is 17.5 Å². The van der Waals surface area contributed by atoms with Crippen LogP contribution in [0.25, 0.3) is 0 Å². The van der Waals surface area contributed by atoms with E-state index in [4.69, 9.17) is 0 Å². The van der Waals surface area contributed by atoms with Crippen molar-refractivity contribution in [3.05, 3.63) is 47.8 Å². The third-order valence-electron chi connectivity index (χ3n) is 5.20. The Labute approximate surface area is 171 Å². The summed E-state index contributed by atoms with van der Waals surface area (Å²) in [6.07, 6.45) is 4.96. The fraction of sp³-hybridized carbons (Fsp3) is 0.476. The zero-order valence-corrected chi connectivity index (χ0v) is 17.4. The van der Waals surface area contributed by atoms with Gasteiger partial charge in [-0.2, -0.15) is 5.10 Å². The first kappa shape index (κ1) is 20.9. The van der Waals surface area contributed by atoms with Gasteiger partial charge in [0, 0.05) is 58.7 Å². The van der Waals surface area contributed by atoms with Gasteiger partial charge in [0.15, 0.2) is 0 Å². The van der Waals surface area contributed by atoms with Gasteiger partial charge in [0.25, 0.3) is 5.91 Å². The molecule has 1 aromatic heterocycles. The van der Waals surface area contributed by atoms with Gasteiger partial charge >= 0.3 is 0 Å². The number of rotatable bonds is 7. The number of carbonyl (C=O) groups excluding carboxylic acids is 2. The van der Waals surface area contributed by atoms with E-state index in [1.165, 1.54) is 0 Å². The summed E-state index contributed by atoms with van der Waals surface area (Å²) in [6.45, 7) is 2.51. The van der Waals surface area contributed by atoms with E-state index in [1.807, 2.05) is 43.3 Å². The molecule has 1 saturated heterocycles. The van der Waals surface area contributed by atoms with Gasteiger partial charge < -0.3 is 15.5 Å². The van der Waals surface area contributed by atoms with Crippen LogP contribution in [0.2, 0.25) is 0 Å². The summed E-state index contributed by atoms with van der Waals surface area (Å²) in [7, 11) is 5.80. The highest BCUT2D eigenvalue weighted by Gasteiger charge is 2.22. The molecule has 8 heteroatoms. The third kappa shape index (κ3) is 6.05. The fourth-order valence-corrected chi connectivity index (χ4v) is 3.41. The average molecular weight is 399 g/mol. The lowest BCUT2D eigenvalue weighted by molar-refractivity contribution is -0.122. The Hall–Kier alpha value is -2.87. The van der Waals surface area contributed by atoms with Gasteiger partial charge in [-0.05, 0) is 30.5 Å². The van der Waals surface area contributed by atoms with Crippen molar-refractivity contribution < 1.29 is 9.59 Å². The quantitative estimate of drug-likeness (QED) is 0.727. The van der Waals surface area contributed by atoms with Crippen LogP contribution in [-0.2, 0) is 18.4 Å². The zero-order chi connectivity index (χ0) is 20.8. The number of benzene rings is 1. The van der Waals surface area contributed by atoms with E-state index >= 15 is 0 Å². The molecule has 156 valence electrons. The van der Waals surface area contributed by atoms with Crippen LogP contribution < -0.4 is 15.5 Å². The van der Waals surface area contributed by atoms with Crippen molar-refractivity contribution in [2.75, 3.05) is 38.6 Å². The lowest BCUT2D eigenvalue weighted by atomic mass is 10.0. The van der Waals surface area contributed by atoms with Crippen LogP contribution in [0.3, 0.4) is 0 Å². The van der Waals surface area contributed by atoms with Crippen LogP contribution in [0.1, 0.15) is 28.8 Å². The summed E-state index contributed by atoms with van der Waals surface area (Å²) in [4.78, 5) is 28.7. The highest BCUT2D eigenvalue weighted by atomic mass is 16.2. The van der Waals surface area contributed by atoms with Gasteiger partial charge in [-0.15, -0.1) is 0 Å². The minimum atomic E-state index is -0.0884. The molecule has 1 fully saturated rings. The molecule has 0 bridgehead atoms. The number of amides is 2. The van der Waals surface area contributed by atoms with E-state index in [2.05, 4.69) is 20.6 Å². The number of hydrogen-bond donors (Lipinski definition) is 2. The van der Waals surface area contributed by atoms with E-state index in [1.54, 1.807) is 24.1 Å². The second-order valence-corrected chi connectivity index (χ2v) is 7.76. The van der Waals surface area contributed by atoms with E-state index < -0.39 is 0 Å². The van der Waals surface area contributed by atoms with Gasteiger partial charge in [0.2, 0.25) is 5.91 Å². The highest BCUT2D eigenvalue weighted by molar-refractivity contribution is 5.93. The number of carbonyl (C=O) groups is 2. The summed E-state index contributed by atoms with van der Waals surface area (Å²) in [5.74, 6) is -0.0610. The Bertz CT molecular complexity index is 822. The fourth-order valence-electron chi connectivity index (χ4n) is 3.41. The maximum absolute atomic E-state index is 12.3. The van der Waals surface area contributed by atoms with Crippen LogP contribution in [0.5, 0.6) is 0 Å². The lowest BCUT2D eigenvalue weighted by Gasteiger charge is -2.31. The van der Waals surface area contributed by atoms with E-state index in [9.17, 15) is 9.59 Å². The second-order valence-electron chi connectivity index (χ2n) is 7.76. The minimum absolute atomic E-state index is 0.0273. The zero-order valence-electron chi connectivity index (χ0n) is 17.4. The monoisotopic (exact) mass is 398 g/mol. The number of nitrogens with zero attached hydrogens (tertiary/aromatic N) is 4. The topological polar surface area (TPSA) is 82.5 Å². The molecule has 1 aliphatic heterocycles. The number of anilines is 1. The molecule has 29 heavy (non-hydrogen) atoms. The second kappa shape index (κ2) is 9.56. The summed E-state index contributed by atoms with van der Waals surface area (Å²) >= 11 is 0. The van der Waals surface area contributed by atoms with Crippen molar-refractivity contribution in [3.63, 3.8) is 0 Å². The molecule has 2 N–H and O–H groups in total. The van der Waals surface area contributed by atoms with Crippen LogP contribution in [0.15, 0.2) is 36.7 Å². The third-order valence-corrected chi connectivity index (χ3v) is 5.20. The molecule has 2 amide bonds. The number of aryl methyl sites for hydroxylation is 1. The molecule has 0 unspecified atom stereocenters. The molecule has 1 aliphatic rings. The van der Waals surface area contributed by atoms with Gasteiger partial charge in [0.1, 0.15) is 0 Å². The number of hydrogen-bond acceptors (Lipinski definition) is 5. The first-order chi connectivity index (χ1) is 13.9. The van der Waals surface area contributed by atoms with E-state index in [-0.39, 0.29) is 17.9 Å². The largest absolute Gasteiger partial charge is 0.378 e. The maximum atomic E-state index is 12.3. The molecule has 0 aliphatic carbocycles. The smallest absolute Gasteiger partial charge is 0.254 e. The Morgan fingerprint density at radius 1 is 1.17 bits per heavy atom. The maximum Gasteiger partial charge on any atom is 0.254 e. The van der Waals surface area contributed by atoms with Crippen molar-refractivity contribution in [1.29, 1.82) is 0 Å². The number of piperidine rings is 1. The number of likely N-dealkylation sites (tertiary alicyclic amines) is 1. The van der Waals surface area contributed by atoms with Crippen molar-refractivity contribution in [2.45, 2.75) is 25.4 Å². The van der Waals surface area contributed by atoms with E-state index in [0.717, 1.165) is 37.2 Å². The predicted octanol–water partition coefficient (Wildman–Crippen LogP) is 0.997. The normalized spacial score (nSPS) is 15.1. The average Bonchev–Trinajstić information content (AvgIpc) is 3.15. The molecule has 0 spiro atoms. The van der Waals surface area contributed by atoms with Crippen molar-refractivity contribution in [3.8, 4) is 0 Å². The molecule has 3 rings (SSSR count). The summed E-state index contributed by atoms with van der Waals surface area (Å²) in [5.41, 5.74) is 2.80. The Balaban J connectivity index is 1.36. The predicted molar refractivity (Wildman–Crippen MR) is 113 cm³/mol. The van der Waals surface area contributed by atoms with Crippen molar-refractivity contribution in [2.24, 2.45) is 7.05 Å². The van der Waals surface area contributed by atoms with Crippen molar-refractivity contribution in [1.82, 2.24) is 25.3 Å². The summed E-state index contributed by atoms with van der Waals surface area (Å²) in [6, 6.07) is 8.30. The molecule has 0 saturated carbocycles. The van der Waals surface area contributed by atoms with Crippen LogP contribution in [0, 0.1) is 0 Å². The van der Waals surface area contributed by atoms with Crippen LogP contribution >= 0.6 is 0 Å². The lowest BCUT2D eigenvalue weighted by Crippen LogP contribution is -2.47. The van der Waals surface area contributed by atoms with Crippen LogP contribution in [-0.4, -0.2) is 66.3 Å². The molecule has 0 radical (unpaired) electrons. The molecule has 1 aromatic carbocycles. The van der Waals surface area contributed by atoms with Gasteiger partial charge in [-0.3, -0.25) is 19.2 Å². The summed E-state index contributed by atoms with van der Waals surface area (Å²) < 4.78 is 1.62. The molecule has 8 nitrogen and oxygen atoms in total. The Morgan fingerprint density at radius 3 is 2.45 bits per heavy atom. The SMILES string of the molecule is CN(C)c1ccc(CNC(=O)CN2CCC(NC(=O)c3cnn(C)c3)CC2)cc1. The van der Waals surface area contributed by atoms with Gasteiger partial charge in [0.05, 0.1) is 18.3 Å². The molecule has 2 aromatic rings. The Kier molecular flexibility index (Phi) is 6.87. The van der Waals surface area contributed by atoms with Crippen LogP contribution in [0.4, 0.5) is 5.69 Å². The summed E-state index contributed by atoms with van der Waals surface area (Å²) in [5, 5.41) is 10.1. The molecular formula is C21H30N6O2. The first-order valence-corrected chi connectivity index (χ1v) is 9.95. The molecular weight excluding hydrogens is 368 g/mol.